The van der Waals surface area contributed by atoms with Gasteiger partial charge in [-0.25, -0.2) is 0 Å². The standard InChI is InChI=1S/C25H31NO/c1-5-25(6-2,26-23-14-18(3)13-19(4)15-23)17-24(27)22-12-11-20-9-7-8-10-21(20)16-22/h7-16,24,26-27H,5-6,17H2,1-4H3/t24-/m1/s1. The number of aliphatic hydroxyl groups is 1. The molecule has 3 rings (SSSR count). The van der Waals surface area contributed by atoms with E-state index in [1.165, 1.54) is 21.9 Å². The van der Waals surface area contributed by atoms with Gasteiger partial charge in [-0.3, -0.25) is 0 Å². The number of anilines is 1. The van der Waals surface area contributed by atoms with E-state index in [1.54, 1.807) is 0 Å². The lowest BCUT2D eigenvalue weighted by Gasteiger charge is -2.36. The molecule has 0 heterocycles. The molecule has 2 N–H and O–H groups in total. The molecule has 3 aromatic rings. The first kappa shape index (κ1) is 19.4. The van der Waals surface area contributed by atoms with Gasteiger partial charge in [0.25, 0.3) is 0 Å². The molecule has 0 radical (unpaired) electrons. The Labute approximate surface area is 163 Å². The fourth-order valence-electron chi connectivity index (χ4n) is 4.02. The van der Waals surface area contributed by atoms with Crippen LogP contribution in [0.15, 0.2) is 60.7 Å². The predicted octanol–water partition coefficient (Wildman–Crippen LogP) is 6.55. The van der Waals surface area contributed by atoms with Crippen molar-refractivity contribution in [2.45, 2.75) is 58.6 Å². The van der Waals surface area contributed by atoms with E-state index in [-0.39, 0.29) is 5.54 Å². The van der Waals surface area contributed by atoms with Crippen LogP contribution < -0.4 is 5.32 Å². The van der Waals surface area contributed by atoms with Gasteiger partial charge >= 0.3 is 0 Å². The Balaban J connectivity index is 1.85. The predicted molar refractivity (Wildman–Crippen MR) is 116 cm³/mol. The molecule has 27 heavy (non-hydrogen) atoms. The van der Waals surface area contributed by atoms with Crippen molar-refractivity contribution < 1.29 is 5.11 Å². The van der Waals surface area contributed by atoms with Crippen LogP contribution in [0.2, 0.25) is 0 Å². The van der Waals surface area contributed by atoms with Gasteiger partial charge < -0.3 is 10.4 Å². The molecule has 0 bridgehead atoms. The van der Waals surface area contributed by atoms with E-state index in [1.807, 2.05) is 12.1 Å². The minimum absolute atomic E-state index is 0.134. The summed E-state index contributed by atoms with van der Waals surface area (Å²) in [4.78, 5) is 0. The Kier molecular flexibility index (Phi) is 5.86. The average molecular weight is 362 g/mol. The highest BCUT2D eigenvalue weighted by molar-refractivity contribution is 5.83. The molecular weight excluding hydrogens is 330 g/mol. The maximum atomic E-state index is 11.0. The minimum Gasteiger partial charge on any atom is -0.388 e. The van der Waals surface area contributed by atoms with Crippen molar-refractivity contribution in [3.8, 4) is 0 Å². The van der Waals surface area contributed by atoms with Crippen molar-refractivity contribution in [2.75, 3.05) is 5.32 Å². The van der Waals surface area contributed by atoms with Crippen LogP contribution in [0.4, 0.5) is 5.69 Å². The van der Waals surface area contributed by atoms with Crippen molar-refractivity contribution in [3.05, 3.63) is 77.4 Å². The average Bonchev–Trinajstić information content (AvgIpc) is 2.66. The van der Waals surface area contributed by atoms with E-state index in [2.05, 4.69) is 81.5 Å². The number of aryl methyl sites for hydroxylation is 2. The van der Waals surface area contributed by atoms with Crippen LogP contribution in [0.3, 0.4) is 0 Å². The lowest BCUT2D eigenvalue weighted by molar-refractivity contribution is 0.135. The number of nitrogens with one attached hydrogen (secondary N) is 1. The molecule has 3 aromatic carbocycles. The van der Waals surface area contributed by atoms with Gasteiger partial charge in [-0.1, -0.05) is 56.3 Å². The number of rotatable bonds is 7. The van der Waals surface area contributed by atoms with E-state index < -0.39 is 6.10 Å². The van der Waals surface area contributed by atoms with Crippen LogP contribution in [-0.2, 0) is 0 Å². The maximum absolute atomic E-state index is 11.0. The van der Waals surface area contributed by atoms with Crippen LogP contribution in [0.5, 0.6) is 0 Å². The number of aliphatic hydroxyl groups excluding tert-OH is 1. The molecule has 2 nitrogen and oxygen atoms in total. The second-order valence-corrected chi connectivity index (χ2v) is 7.82. The third kappa shape index (κ3) is 4.51. The first-order valence-corrected chi connectivity index (χ1v) is 9.98. The lowest BCUT2D eigenvalue weighted by atomic mass is 9.84. The Hall–Kier alpha value is -2.32. The Bertz CT molecular complexity index is 891. The van der Waals surface area contributed by atoms with Crippen molar-refractivity contribution in [1.82, 2.24) is 0 Å². The van der Waals surface area contributed by atoms with Crippen molar-refractivity contribution in [2.24, 2.45) is 0 Å². The maximum Gasteiger partial charge on any atom is 0.0812 e. The van der Waals surface area contributed by atoms with Crippen molar-refractivity contribution in [3.63, 3.8) is 0 Å². The van der Waals surface area contributed by atoms with Gasteiger partial charge in [0.1, 0.15) is 0 Å². The topological polar surface area (TPSA) is 32.3 Å². The molecule has 0 aliphatic heterocycles. The van der Waals surface area contributed by atoms with Gasteiger partial charge in [0, 0.05) is 17.6 Å². The number of hydrogen-bond donors (Lipinski definition) is 2. The highest BCUT2D eigenvalue weighted by Gasteiger charge is 2.29. The van der Waals surface area contributed by atoms with E-state index in [9.17, 15) is 5.11 Å². The summed E-state index contributed by atoms with van der Waals surface area (Å²) >= 11 is 0. The first-order chi connectivity index (χ1) is 12.9. The molecule has 0 aromatic heterocycles. The second kappa shape index (κ2) is 8.14. The van der Waals surface area contributed by atoms with Gasteiger partial charge in [-0.05, 0) is 72.4 Å². The Morgan fingerprint density at radius 3 is 2.11 bits per heavy atom. The summed E-state index contributed by atoms with van der Waals surface area (Å²) in [7, 11) is 0. The number of hydrogen-bond acceptors (Lipinski definition) is 2. The zero-order valence-corrected chi connectivity index (χ0v) is 16.9. The molecule has 142 valence electrons. The van der Waals surface area contributed by atoms with Gasteiger partial charge in [0.2, 0.25) is 0 Å². The van der Waals surface area contributed by atoms with E-state index in [0.717, 1.165) is 24.1 Å². The minimum atomic E-state index is -0.493. The van der Waals surface area contributed by atoms with Gasteiger partial charge in [-0.15, -0.1) is 0 Å². The van der Waals surface area contributed by atoms with Crippen LogP contribution in [0.25, 0.3) is 10.8 Å². The third-order valence-electron chi connectivity index (χ3n) is 5.73. The Morgan fingerprint density at radius 2 is 1.48 bits per heavy atom. The lowest BCUT2D eigenvalue weighted by Crippen LogP contribution is -2.38. The van der Waals surface area contributed by atoms with Gasteiger partial charge in [0.05, 0.1) is 6.10 Å². The molecule has 0 unspecified atom stereocenters. The van der Waals surface area contributed by atoms with Crippen molar-refractivity contribution in [1.29, 1.82) is 0 Å². The zero-order valence-electron chi connectivity index (χ0n) is 16.9. The summed E-state index contributed by atoms with van der Waals surface area (Å²) in [5.74, 6) is 0. The van der Waals surface area contributed by atoms with E-state index >= 15 is 0 Å². The quantitative estimate of drug-likeness (QED) is 0.500. The van der Waals surface area contributed by atoms with Crippen LogP contribution in [-0.4, -0.2) is 10.6 Å². The molecule has 0 amide bonds. The highest BCUT2D eigenvalue weighted by atomic mass is 16.3. The highest BCUT2D eigenvalue weighted by Crippen LogP contribution is 2.34. The summed E-state index contributed by atoms with van der Waals surface area (Å²) in [6, 6.07) is 21.1. The zero-order chi connectivity index (χ0) is 19.4. The fraction of sp³-hybridized carbons (Fsp3) is 0.360. The Morgan fingerprint density at radius 1 is 0.852 bits per heavy atom. The summed E-state index contributed by atoms with van der Waals surface area (Å²) in [6.07, 6.45) is 2.11. The van der Waals surface area contributed by atoms with E-state index in [0.29, 0.717) is 6.42 Å². The van der Waals surface area contributed by atoms with Crippen LogP contribution in [0, 0.1) is 13.8 Å². The molecular formula is C25H31NO. The molecule has 0 saturated heterocycles. The monoisotopic (exact) mass is 361 g/mol. The van der Waals surface area contributed by atoms with Crippen LogP contribution in [0.1, 0.15) is 55.9 Å². The SMILES string of the molecule is CCC(CC)(C[C@@H](O)c1ccc2ccccc2c1)Nc1cc(C)cc(C)c1. The number of fused-ring (bicyclic) bond motifs is 1. The largest absolute Gasteiger partial charge is 0.388 e. The molecule has 0 aliphatic rings. The third-order valence-corrected chi connectivity index (χ3v) is 5.73. The first-order valence-electron chi connectivity index (χ1n) is 9.98. The summed E-state index contributed by atoms with van der Waals surface area (Å²) in [5.41, 5.74) is 4.51. The summed E-state index contributed by atoms with van der Waals surface area (Å²) in [6.45, 7) is 8.65. The summed E-state index contributed by atoms with van der Waals surface area (Å²) in [5, 5.41) is 17.2. The molecule has 0 saturated carbocycles. The van der Waals surface area contributed by atoms with Crippen molar-refractivity contribution >= 4 is 16.5 Å². The molecule has 1 atom stereocenters. The fourth-order valence-corrected chi connectivity index (χ4v) is 4.02. The molecule has 0 spiro atoms. The molecule has 0 fully saturated rings. The second-order valence-electron chi connectivity index (χ2n) is 7.82. The van der Waals surface area contributed by atoms with Gasteiger partial charge in [0.15, 0.2) is 0 Å². The van der Waals surface area contributed by atoms with Crippen LogP contribution >= 0.6 is 0 Å². The van der Waals surface area contributed by atoms with Gasteiger partial charge in [-0.2, -0.15) is 0 Å². The number of benzene rings is 3. The van der Waals surface area contributed by atoms with E-state index in [4.69, 9.17) is 0 Å². The molecule has 2 heteroatoms. The summed E-state index contributed by atoms with van der Waals surface area (Å²) < 4.78 is 0. The normalized spacial score (nSPS) is 12.9. The molecule has 0 aliphatic carbocycles. The smallest absolute Gasteiger partial charge is 0.0812 e.